The molecule has 2 aromatic carbocycles. The molecular weight excluding hydrogens is 320 g/mol. The first kappa shape index (κ1) is 18.0. The van der Waals surface area contributed by atoms with Gasteiger partial charge >= 0.3 is 0 Å². The summed E-state index contributed by atoms with van der Waals surface area (Å²) in [4.78, 5) is 12.0. The quantitative estimate of drug-likeness (QED) is 0.608. The van der Waals surface area contributed by atoms with Gasteiger partial charge in [0.1, 0.15) is 0 Å². The van der Waals surface area contributed by atoms with Crippen molar-refractivity contribution in [2.75, 3.05) is 0 Å². The minimum absolute atomic E-state index is 0.347. The zero-order valence-electron chi connectivity index (χ0n) is 15.5. The largest absolute Gasteiger partial charge is 0.366 e. The number of unbranched alkanes of at least 4 members (excludes halogenated alkanes) is 1. The zero-order chi connectivity index (χ0) is 18.5. The van der Waals surface area contributed by atoms with Crippen LogP contribution >= 0.6 is 0 Å². The fraction of sp³-hybridized carbons (Fsp3) is 0.261. The number of aromatic nitrogens is 1. The maximum Gasteiger partial charge on any atom is 0.250 e. The van der Waals surface area contributed by atoms with E-state index in [9.17, 15) is 4.79 Å². The first-order chi connectivity index (χ1) is 12.6. The van der Waals surface area contributed by atoms with Crippen molar-refractivity contribution in [2.24, 2.45) is 5.73 Å². The van der Waals surface area contributed by atoms with Gasteiger partial charge in [-0.05, 0) is 49.8 Å². The summed E-state index contributed by atoms with van der Waals surface area (Å²) in [5.41, 5.74) is 11.9. The van der Waals surface area contributed by atoms with Gasteiger partial charge < -0.3 is 10.3 Å². The van der Waals surface area contributed by atoms with Crippen LogP contribution in [0, 0.1) is 13.8 Å². The van der Waals surface area contributed by atoms with Crippen LogP contribution in [0.2, 0.25) is 0 Å². The third-order valence-corrected chi connectivity index (χ3v) is 5.00. The lowest BCUT2D eigenvalue weighted by molar-refractivity contribution is 0.0999. The number of nitrogens with two attached hydrogens (primary N) is 1. The molecule has 0 saturated heterocycles. The molecule has 0 aliphatic rings. The second-order valence-corrected chi connectivity index (χ2v) is 6.76. The predicted molar refractivity (Wildman–Crippen MR) is 107 cm³/mol. The highest BCUT2D eigenvalue weighted by Gasteiger charge is 2.21. The van der Waals surface area contributed by atoms with Gasteiger partial charge in [0, 0.05) is 12.2 Å². The van der Waals surface area contributed by atoms with Gasteiger partial charge in [-0.2, -0.15) is 0 Å². The Morgan fingerprint density at radius 2 is 1.54 bits per heavy atom. The molecule has 0 bridgehead atoms. The maximum atomic E-state index is 12.0. The van der Waals surface area contributed by atoms with E-state index < -0.39 is 0 Å². The Kier molecular flexibility index (Phi) is 5.57. The molecule has 3 nitrogen and oxygen atoms in total. The fourth-order valence-electron chi connectivity index (χ4n) is 3.75. The Bertz CT molecular complexity index is 880. The second-order valence-electron chi connectivity index (χ2n) is 6.76. The monoisotopic (exact) mass is 346 g/mol. The number of rotatable bonds is 7. The van der Waals surface area contributed by atoms with Crippen LogP contribution in [0.4, 0.5) is 0 Å². The molecule has 1 aromatic heterocycles. The smallest absolute Gasteiger partial charge is 0.250 e. The fourth-order valence-corrected chi connectivity index (χ4v) is 3.75. The van der Waals surface area contributed by atoms with Crippen molar-refractivity contribution in [3.63, 3.8) is 0 Å². The number of aryl methyl sites for hydroxylation is 1. The molecule has 0 unspecified atom stereocenters. The van der Waals surface area contributed by atoms with E-state index in [2.05, 4.69) is 41.0 Å². The topological polar surface area (TPSA) is 48.0 Å². The highest BCUT2D eigenvalue weighted by molar-refractivity contribution is 5.97. The normalized spacial score (nSPS) is 10.8. The van der Waals surface area contributed by atoms with E-state index in [4.69, 9.17) is 5.73 Å². The van der Waals surface area contributed by atoms with E-state index in [-0.39, 0.29) is 5.91 Å². The van der Waals surface area contributed by atoms with Gasteiger partial charge in [0.2, 0.25) is 0 Å². The molecule has 0 aliphatic carbocycles. The number of primary amides is 1. The average molecular weight is 346 g/mol. The van der Waals surface area contributed by atoms with Gasteiger partial charge in [-0.3, -0.25) is 4.79 Å². The van der Waals surface area contributed by atoms with Crippen molar-refractivity contribution in [1.82, 2.24) is 4.57 Å². The molecule has 3 heteroatoms. The van der Waals surface area contributed by atoms with Crippen LogP contribution in [0.15, 0.2) is 60.7 Å². The number of hydrogen-bond acceptors (Lipinski definition) is 1. The van der Waals surface area contributed by atoms with Gasteiger partial charge in [-0.1, -0.05) is 60.7 Å². The summed E-state index contributed by atoms with van der Waals surface area (Å²) in [5.74, 6) is -0.347. The Hall–Kier alpha value is -2.81. The average Bonchev–Trinajstić information content (AvgIpc) is 2.90. The maximum absolute atomic E-state index is 12.0. The summed E-state index contributed by atoms with van der Waals surface area (Å²) in [6, 6.07) is 20.8. The lowest BCUT2D eigenvalue weighted by atomic mass is 10.0. The van der Waals surface area contributed by atoms with Gasteiger partial charge in [0.05, 0.1) is 11.3 Å². The Balaban J connectivity index is 1.83. The highest BCUT2D eigenvalue weighted by atomic mass is 16.1. The first-order valence-corrected chi connectivity index (χ1v) is 9.18. The summed E-state index contributed by atoms with van der Waals surface area (Å²) in [5, 5.41) is 0. The predicted octanol–water partition coefficient (Wildman–Crippen LogP) is 4.89. The van der Waals surface area contributed by atoms with Gasteiger partial charge in [-0.15, -0.1) is 0 Å². The van der Waals surface area contributed by atoms with Crippen LogP contribution in [-0.4, -0.2) is 10.5 Å². The second kappa shape index (κ2) is 8.05. The van der Waals surface area contributed by atoms with E-state index >= 15 is 0 Å². The first-order valence-electron chi connectivity index (χ1n) is 9.18. The number of benzene rings is 2. The molecule has 1 amide bonds. The van der Waals surface area contributed by atoms with E-state index in [0.29, 0.717) is 5.56 Å². The Labute approximate surface area is 155 Å². The summed E-state index contributed by atoms with van der Waals surface area (Å²) in [7, 11) is 0. The van der Waals surface area contributed by atoms with E-state index in [1.807, 2.05) is 38.1 Å². The Morgan fingerprint density at radius 1 is 0.923 bits per heavy atom. The SMILES string of the molecule is Cc1c(C(N)=O)c(C)n(CCCCc2ccccc2)c1-c1ccccc1. The number of nitrogens with zero attached hydrogens (tertiary/aromatic N) is 1. The van der Waals surface area contributed by atoms with Crippen molar-refractivity contribution < 1.29 is 4.79 Å². The number of amides is 1. The minimum Gasteiger partial charge on any atom is -0.366 e. The molecule has 0 radical (unpaired) electrons. The molecule has 1 heterocycles. The van der Waals surface area contributed by atoms with Crippen LogP contribution in [0.25, 0.3) is 11.3 Å². The standard InChI is InChI=1S/C23H26N2O/c1-17-21(23(24)26)18(2)25(22(17)20-14-7-4-8-15-20)16-10-9-13-19-11-5-3-6-12-19/h3-8,11-12,14-15H,9-10,13,16H2,1-2H3,(H2,24,26). The number of hydrogen-bond donors (Lipinski definition) is 1. The van der Waals surface area contributed by atoms with Gasteiger partial charge in [-0.25, -0.2) is 0 Å². The van der Waals surface area contributed by atoms with Crippen LogP contribution in [-0.2, 0) is 13.0 Å². The van der Waals surface area contributed by atoms with E-state index in [0.717, 1.165) is 48.3 Å². The molecule has 26 heavy (non-hydrogen) atoms. The van der Waals surface area contributed by atoms with Crippen molar-refractivity contribution >= 4 is 5.91 Å². The molecule has 0 saturated carbocycles. The zero-order valence-corrected chi connectivity index (χ0v) is 15.5. The van der Waals surface area contributed by atoms with Gasteiger partial charge in [0.25, 0.3) is 5.91 Å². The molecule has 134 valence electrons. The van der Waals surface area contributed by atoms with Crippen LogP contribution < -0.4 is 5.73 Å². The van der Waals surface area contributed by atoms with Crippen molar-refractivity contribution in [3.8, 4) is 11.3 Å². The van der Waals surface area contributed by atoms with Crippen LogP contribution in [0.5, 0.6) is 0 Å². The molecule has 3 rings (SSSR count). The molecule has 0 aliphatic heterocycles. The highest BCUT2D eigenvalue weighted by Crippen LogP contribution is 2.31. The van der Waals surface area contributed by atoms with Crippen molar-refractivity contribution in [3.05, 3.63) is 83.0 Å². The summed E-state index contributed by atoms with van der Waals surface area (Å²) in [6.45, 7) is 4.88. The minimum atomic E-state index is -0.347. The van der Waals surface area contributed by atoms with Crippen molar-refractivity contribution in [1.29, 1.82) is 0 Å². The molecule has 0 fully saturated rings. The lowest BCUT2D eigenvalue weighted by Gasteiger charge is -2.13. The van der Waals surface area contributed by atoms with E-state index in [1.54, 1.807) is 0 Å². The summed E-state index contributed by atoms with van der Waals surface area (Å²) >= 11 is 0. The van der Waals surface area contributed by atoms with Crippen LogP contribution in [0.1, 0.15) is 40.0 Å². The van der Waals surface area contributed by atoms with Crippen molar-refractivity contribution in [2.45, 2.75) is 39.7 Å². The summed E-state index contributed by atoms with van der Waals surface area (Å²) < 4.78 is 2.26. The van der Waals surface area contributed by atoms with Crippen LogP contribution in [0.3, 0.4) is 0 Å². The molecule has 0 spiro atoms. The third kappa shape index (κ3) is 3.72. The molecule has 2 N–H and O–H groups in total. The third-order valence-electron chi connectivity index (χ3n) is 5.00. The number of carbonyl (C=O) groups excluding carboxylic acids is 1. The molecular formula is C23H26N2O. The Morgan fingerprint density at radius 3 is 2.15 bits per heavy atom. The molecule has 3 aromatic rings. The van der Waals surface area contributed by atoms with E-state index in [1.165, 1.54) is 5.56 Å². The van der Waals surface area contributed by atoms with Gasteiger partial charge in [0.15, 0.2) is 0 Å². The lowest BCUT2D eigenvalue weighted by Crippen LogP contribution is -2.13. The molecule has 0 atom stereocenters. The summed E-state index contributed by atoms with van der Waals surface area (Å²) in [6.07, 6.45) is 3.24. The number of carbonyl (C=O) groups is 1.